The Labute approximate surface area is 155 Å². The summed E-state index contributed by atoms with van der Waals surface area (Å²) in [5.41, 5.74) is 6.17. The molecule has 1 amide bonds. The molecule has 2 heterocycles. The van der Waals surface area contributed by atoms with Crippen molar-refractivity contribution in [2.45, 2.75) is 40.2 Å². The minimum absolute atomic E-state index is 0.195. The summed E-state index contributed by atoms with van der Waals surface area (Å²) >= 11 is 4.87. The van der Waals surface area contributed by atoms with Gasteiger partial charge in [0.1, 0.15) is 5.60 Å². The zero-order valence-electron chi connectivity index (χ0n) is 15.7. The third-order valence-electron chi connectivity index (χ3n) is 4.79. The van der Waals surface area contributed by atoms with Crippen LogP contribution in [0.15, 0.2) is 12.1 Å². The molecule has 25 heavy (non-hydrogen) atoms. The first kappa shape index (κ1) is 18.0. The molecule has 2 saturated heterocycles. The molecule has 2 aliphatic heterocycles. The van der Waals surface area contributed by atoms with Crippen LogP contribution >= 0.6 is 12.2 Å². The number of nitrogens with zero attached hydrogens (tertiary/aromatic N) is 2. The lowest BCUT2D eigenvalue weighted by Gasteiger charge is -2.61. The van der Waals surface area contributed by atoms with E-state index in [1.54, 1.807) is 0 Å². The Morgan fingerprint density at radius 3 is 2.24 bits per heavy atom. The number of aryl methyl sites for hydroxylation is 2. The average Bonchev–Trinajstić information content (AvgIpc) is 2.36. The van der Waals surface area contributed by atoms with Crippen molar-refractivity contribution < 1.29 is 9.53 Å². The van der Waals surface area contributed by atoms with Crippen molar-refractivity contribution in [1.29, 1.82) is 0 Å². The van der Waals surface area contributed by atoms with Crippen molar-refractivity contribution in [3.63, 3.8) is 0 Å². The lowest BCUT2D eigenvalue weighted by Crippen LogP contribution is -2.73. The second-order valence-electron chi connectivity index (χ2n) is 8.41. The second-order valence-corrected chi connectivity index (χ2v) is 8.65. The zero-order valence-corrected chi connectivity index (χ0v) is 16.5. The molecule has 136 valence electrons. The van der Waals surface area contributed by atoms with Crippen LogP contribution in [0.4, 0.5) is 16.2 Å². The van der Waals surface area contributed by atoms with Gasteiger partial charge in [-0.1, -0.05) is 12.2 Å². The third-order valence-corrected chi connectivity index (χ3v) is 4.91. The van der Waals surface area contributed by atoms with Crippen molar-refractivity contribution in [1.82, 2.24) is 4.90 Å². The molecule has 6 heteroatoms. The Bertz CT molecular complexity index is 674. The number of carbonyl (C=O) groups is 1. The summed E-state index contributed by atoms with van der Waals surface area (Å²) in [6, 6.07) is 4.26. The molecule has 0 aliphatic carbocycles. The molecule has 0 unspecified atom stereocenters. The maximum absolute atomic E-state index is 12.1. The number of thiocarbonyl (C=S) groups is 1. The minimum Gasteiger partial charge on any atom is -0.444 e. The topological polar surface area (TPSA) is 44.8 Å². The van der Waals surface area contributed by atoms with Crippen LogP contribution in [-0.4, -0.2) is 48.3 Å². The first-order valence-electron chi connectivity index (χ1n) is 8.67. The lowest BCUT2D eigenvalue weighted by atomic mass is 9.72. The van der Waals surface area contributed by atoms with Gasteiger partial charge in [0.15, 0.2) is 0 Å². The summed E-state index contributed by atoms with van der Waals surface area (Å²) in [5.74, 6) is 0. The highest BCUT2D eigenvalue weighted by Crippen LogP contribution is 2.44. The average molecular weight is 362 g/mol. The first-order chi connectivity index (χ1) is 11.6. The molecule has 1 aromatic carbocycles. The molecule has 2 fully saturated rings. The van der Waals surface area contributed by atoms with E-state index >= 15 is 0 Å². The Balaban J connectivity index is 1.59. The van der Waals surface area contributed by atoms with Gasteiger partial charge in [0.2, 0.25) is 0 Å². The molecule has 3 rings (SSSR count). The Hall–Kier alpha value is -1.82. The van der Waals surface area contributed by atoms with Crippen LogP contribution in [0.5, 0.6) is 0 Å². The van der Waals surface area contributed by atoms with Crippen molar-refractivity contribution >= 4 is 35.2 Å². The van der Waals surface area contributed by atoms with E-state index in [1.165, 1.54) is 22.3 Å². The molecule has 0 saturated carbocycles. The molecule has 5 nitrogen and oxygen atoms in total. The van der Waals surface area contributed by atoms with E-state index in [4.69, 9.17) is 17.0 Å². The molecular formula is C19H27N3O2S. The van der Waals surface area contributed by atoms with Gasteiger partial charge in [-0.25, -0.2) is 4.79 Å². The van der Waals surface area contributed by atoms with Gasteiger partial charge in [-0.2, -0.15) is 0 Å². The number of ether oxygens (including phenoxy) is 1. The maximum atomic E-state index is 12.1. The van der Waals surface area contributed by atoms with Gasteiger partial charge in [-0.05, 0) is 57.9 Å². The van der Waals surface area contributed by atoms with Gasteiger partial charge in [0.05, 0.1) is 5.49 Å². The predicted octanol–water partition coefficient (Wildman–Crippen LogP) is 3.73. The van der Waals surface area contributed by atoms with Crippen molar-refractivity contribution in [2.75, 3.05) is 36.4 Å². The summed E-state index contributed by atoms with van der Waals surface area (Å²) in [5, 5.41) is 3.08. The van der Waals surface area contributed by atoms with Crippen LogP contribution in [0.25, 0.3) is 0 Å². The molecule has 2 aliphatic rings. The second kappa shape index (κ2) is 6.16. The normalized spacial score (nSPS) is 18.4. The molecule has 1 aromatic rings. The van der Waals surface area contributed by atoms with Crippen molar-refractivity contribution in [3.8, 4) is 0 Å². The van der Waals surface area contributed by atoms with Gasteiger partial charge < -0.3 is 19.9 Å². The van der Waals surface area contributed by atoms with Crippen LogP contribution in [-0.2, 0) is 4.74 Å². The van der Waals surface area contributed by atoms with E-state index in [9.17, 15) is 4.79 Å². The fourth-order valence-electron chi connectivity index (χ4n) is 3.95. The fourth-order valence-corrected chi connectivity index (χ4v) is 4.08. The highest BCUT2D eigenvalue weighted by molar-refractivity contribution is 7.79. The number of amides is 1. The number of hydrogen-bond acceptors (Lipinski definition) is 4. The molecule has 1 N–H and O–H groups in total. The van der Waals surface area contributed by atoms with E-state index in [-0.39, 0.29) is 11.5 Å². The Morgan fingerprint density at radius 2 is 1.76 bits per heavy atom. The van der Waals surface area contributed by atoms with E-state index in [0.717, 1.165) is 31.9 Å². The molecule has 0 radical (unpaired) electrons. The SMILES string of the molecule is Cc1cc(NC=S)cc(C)c1N1CC2(CN(C(=O)OC(C)(C)C)C2)C1. The fraction of sp³-hybridized carbons (Fsp3) is 0.579. The third kappa shape index (κ3) is 3.59. The van der Waals surface area contributed by atoms with Gasteiger partial charge in [0, 0.05) is 43.0 Å². The van der Waals surface area contributed by atoms with Crippen LogP contribution in [0.3, 0.4) is 0 Å². The van der Waals surface area contributed by atoms with Crippen LogP contribution in [0, 0.1) is 19.3 Å². The zero-order chi connectivity index (χ0) is 18.4. The monoisotopic (exact) mass is 361 g/mol. The largest absolute Gasteiger partial charge is 0.444 e. The summed E-state index contributed by atoms with van der Waals surface area (Å²) in [7, 11) is 0. The molecular weight excluding hydrogens is 334 g/mol. The summed E-state index contributed by atoms with van der Waals surface area (Å²) in [4.78, 5) is 16.3. The van der Waals surface area contributed by atoms with Crippen molar-refractivity contribution in [2.24, 2.45) is 5.41 Å². The maximum Gasteiger partial charge on any atom is 0.410 e. The number of nitrogens with one attached hydrogen (secondary N) is 1. The summed E-state index contributed by atoms with van der Waals surface area (Å²) in [6.07, 6.45) is -0.195. The first-order valence-corrected chi connectivity index (χ1v) is 9.14. The van der Waals surface area contributed by atoms with Crippen LogP contribution in [0.2, 0.25) is 0 Å². The smallest absolute Gasteiger partial charge is 0.410 e. The number of rotatable bonds is 3. The number of anilines is 2. The number of benzene rings is 1. The molecule has 0 bridgehead atoms. The predicted molar refractivity (Wildman–Crippen MR) is 106 cm³/mol. The van der Waals surface area contributed by atoms with Gasteiger partial charge in [-0.3, -0.25) is 0 Å². The molecule has 0 aromatic heterocycles. The Morgan fingerprint density at radius 1 is 1.20 bits per heavy atom. The van der Waals surface area contributed by atoms with Crippen molar-refractivity contribution in [3.05, 3.63) is 23.3 Å². The molecule has 0 atom stereocenters. The number of hydrogen-bond donors (Lipinski definition) is 1. The van der Waals surface area contributed by atoms with Crippen LogP contribution < -0.4 is 10.2 Å². The van der Waals surface area contributed by atoms with E-state index in [2.05, 4.69) is 36.2 Å². The quantitative estimate of drug-likeness (QED) is 0.831. The summed E-state index contributed by atoms with van der Waals surface area (Å²) < 4.78 is 5.44. The van der Waals surface area contributed by atoms with Gasteiger partial charge in [0.25, 0.3) is 0 Å². The summed E-state index contributed by atoms with van der Waals surface area (Å²) in [6.45, 7) is 13.5. The van der Waals surface area contributed by atoms with Gasteiger partial charge >= 0.3 is 6.09 Å². The Kier molecular flexibility index (Phi) is 4.43. The standard InChI is InChI=1S/C19H27N3O2S/c1-13-6-15(20-12-25)7-14(2)16(13)21-8-19(9-21)10-22(11-19)17(23)24-18(3,4)5/h6-7,12H,8-11H2,1-5H3,(H,20,25). The highest BCUT2D eigenvalue weighted by atomic mass is 32.1. The number of likely N-dealkylation sites (tertiary alicyclic amines) is 1. The van der Waals surface area contributed by atoms with E-state index in [0.29, 0.717) is 0 Å². The van der Waals surface area contributed by atoms with Crippen LogP contribution in [0.1, 0.15) is 31.9 Å². The van der Waals surface area contributed by atoms with E-state index < -0.39 is 5.60 Å². The highest BCUT2D eigenvalue weighted by Gasteiger charge is 2.54. The lowest BCUT2D eigenvalue weighted by molar-refractivity contribution is -0.0453. The number of carbonyl (C=O) groups excluding carboxylic acids is 1. The minimum atomic E-state index is -0.433. The van der Waals surface area contributed by atoms with Gasteiger partial charge in [-0.15, -0.1) is 0 Å². The molecule has 1 spiro atoms. The van der Waals surface area contributed by atoms with E-state index in [1.807, 2.05) is 25.7 Å².